The van der Waals surface area contributed by atoms with E-state index in [2.05, 4.69) is 17.3 Å². The molecular weight excluding hydrogens is 304 g/mol. The molecule has 0 aromatic carbocycles. The fourth-order valence-corrected chi connectivity index (χ4v) is 4.79. The third-order valence-corrected chi connectivity index (χ3v) is 6.30. The second-order valence-electron chi connectivity index (χ2n) is 5.63. The fourth-order valence-electron chi connectivity index (χ4n) is 2.73. The van der Waals surface area contributed by atoms with Gasteiger partial charge < -0.3 is 9.84 Å². The van der Waals surface area contributed by atoms with Crippen LogP contribution >= 0.6 is 23.1 Å². The Balaban J connectivity index is 2.00. The van der Waals surface area contributed by atoms with Gasteiger partial charge in [0.1, 0.15) is 11.1 Å². The van der Waals surface area contributed by atoms with Crippen molar-refractivity contribution in [2.75, 3.05) is 31.8 Å². The van der Waals surface area contributed by atoms with E-state index in [0.29, 0.717) is 6.61 Å². The molecule has 0 radical (unpaired) electrons. The van der Waals surface area contributed by atoms with Crippen LogP contribution in [0.1, 0.15) is 43.5 Å². The van der Waals surface area contributed by atoms with Crippen molar-refractivity contribution in [2.24, 2.45) is 0 Å². The van der Waals surface area contributed by atoms with Gasteiger partial charge in [0, 0.05) is 24.1 Å². The molecular formula is C15H26N2O2S2. The Bertz CT molecular complexity index is 433. The molecule has 0 unspecified atom stereocenters. The zero-order chi connectivity index (χ0) is 15.3. The van der Waals surface area contributed by atoms with E-state index < -0.39 is 0 Å². The van der Waals surface area contributed by atoms with Crippen LogP contribution < -0.4 is 0 Å². The molecule has 0 amide bonds. The van der Waals surface area contributed by atoms with E-state index in [9.17, 15) is 5.11 Å². The van der Waals surface area contributed by atoms with Crippen LogP contribution in [-0.2, 0) is 11.3 Å². The molecule has 1 atom stereocenters. The number of aromatic nitrogens is 1. The van der Waals surface area contributed by atoms with Gasteiger partial charge in [-0.1, -0.05) is 0 Å². The summed E-state index contributed by atoms with van der Waals surface area (Å²) in [5.74, 6) is 2.27. The van der Waals surface area contributed by atoms with Crippen LogP contribution in [0.4, 0.5) is 0 Å². The average molecular weight is 331 g/mol. The molecule has 1 aliphatic heterocycles. The molecule has 1 aromatic rings. The fraction of sp³-hybridized carbons (Fsp3) is 0.800. The van der Waals surface area contributed by atoms with Crippen molar-refractivity contribution in [3.05, 3.63) is 16.1 Å². The number of likely N-dealkylation sites (N-methyl/N-ethyl adjacent to an activating group) is 1. The summed E-state index contributed by atoms with van der Waals surface area (Å²) in [7, 11) is 2.11. The molecule has 6 heteroatoms. The number of nitrogens with zero attached hydrogens (tertiary/aromatic N) is 2. The minimum Gasteiger partial charge on any atom is -0.394 e. The van der Waals surface area contributed by atoms with Crippen molar-refractivity contribution >= 4 is 23.1 Å². The van der Waals surface area contributed by atoms with E-state index in [-0.39, 0.29) is 18.2 Å². The van der Waals surface area contributed by atoms with E-state index in [1.54, 1.807) is 11.3 Å². The SMILES string of the molecule is CCO[C@@H](C)c1nc(CN(C)C2(CO)CCSCC2)cs1. The maximum atomic E-state index is 9.86. The molecule has 21 heavy (non-hydrogen) atoms. The first-order valence-electron chi connectivity index (χ1n) is 7.57. The van der Waals surface area contributed by atoms with Crippen LogP contribution in [0.15, 0.2) is 5.38 Å². The molecule has 1 aromatic heterocycles. The van der Waals surface area contributed by atoms with E-state index in [4.69, 9.17) is 9.72 Å². The summed E-state index contributed by atoms with van der Waals surface area (Å²) >= 11 is 3.65. The Morgan fingerprint density at radius 3 is 2.81 bits per heavy atom. The van der Waals surface area contributed by atoms with E-state index in [1.807, 2.05) is 25.6 Å². The van der Waals surface area contributed by atoms with Crippen LogP contribution in [-0.4, -0.2) is 52.3 Å². The molecule has 1 saturated heterocycles. The number of ether oxygens (including phenoxy) is 1. The largest absolute Gasteiger partial charge is 0.394 e. The maximum Gasteiger partial charge on any atom is 0.122 e. The molecule has 1 aliphatic rings. The number of thiazole rings is 1. The summed E-state index contributed by atoms with van der Waals surface area (Å²) in [6.07, 6.45) is 2.17. The summed E-state index contributed by atoms with van der Waals surface area (Å²) in [6, 6.07) is 0. The first-order chi connectivity index (χ1) is 10.1. The van der Waals surface area contributed by atoms with Gasteiger partial charge in [-0.3, -0.25) is 4.90 Å². The molecule has 1 N–H and O–H groups in total. The Kier molecular flexibility index (Phi) is 6.50. The zero-order valence-electron chi connectivity index (χ0n) is 13.2. The first-order valence-corrected chi connectivity index (χ1v) is 9.60. The molecule has 0 bridgehead atoms. The Morgan fingerprint density at radius 2 is 2.19 bits per heavy atom. The van der Waals surface area contributed by atoms with Crippen molar-refractivity contribution in [1.29, 1.82) is 0 Å². The Labute approximate surface area is 135 Å². The summed E-state index contributed by atoms with van der Waals surface area (Å²) in [4.78, 5) is 6.98. The number of aliphatic hydroxyl groups excluding tert-OH is 1. The molecule has 0 aliphatic carbocycles. The highest BCUT2D eigenvalue weighted by atomic mass is 32.2. The smallest absolute Gasteiger partial charge is 0.122 e. The van der Waals surface area contributed by atoms with Crippen molar-refractivity contribution in [2.45, 2.75) is 44.9 Å². The lowest BCUT2D eigenvalue weighted by Crippen LogP contribution is -2.51. The molecule has 1 fully saturated rings. The quantitative estimate of drug-likeness (QED) is 0.833. The summed E-state index contributed by atoms with van der Waals surface area (Å²) in [5.41, 5.74) is 1.01. The first kappa shape index (κ1) is 17.2. The predicted molar refractivity (Wildman–Crippen MR) is 90.0 cm³/mol. The minimum absolute atomic E-state index is 0.0666. The zero-order valence-corrected chi connectivity index (χ0v) is 14.8. The topological polar surface area (TPSA) is 45.6 Å². The third kappa shape index (κ3) is 4.20. The predicted octanol–water partition coefficient (Wildman–Crippen LogP) is 2.93. The molecule has 2 heterocycles. The molecule has 2 rings (SSSR count). The molecule has 0 spiro atoms. The second kappa shape index (κ2) is 7.92. The standard InChI is InChI=1S/C15H26N2O2S2/c1-4-19-12(2)14-16-13(10-21-14)9-17(3)15(11-18)5-7-20-8-6-15/h10,12,18H,4-9,11H2,1-3H3/t12-/m0/s1. The Hall–Kier alpha value is -0.140. The second-order valence-corrected chi connectivity index (χ2v) is 7.74. The normalized spacial score (nSPS) is 19.9. The number of rotatable bonds is 7. The number of hydrogen-bond acceptors (Lipinski definition) is 6. The number of aliphatic hydroxyl groups is 1. The minimum atomic E-state index is -0.0689. The highest BCUT2D eigenvalue weighted by Gasteiger charge is 2.35. The average Bonchev–Trinajstić information content (AvgIpc) is 2.96. The molecule has 120 valence electrons. The van der Waals surface area contributed by atoms with Crippen LogP contribution in [0.5, 0.6) is 0 Å². The maximum absolute atomic E-state index is 9.86. The van der Waals surface area contributed by atoms with Crippen LogP contribution in [0, 0.1) is 0 Å². The summed E-state index contributed by atoms with van der Waals surface area (Å²) in [6.45, 7) is 5.78. The summed E-state index contributed by atoms with van der Waals surface area (Å²) < 4.78 is 5.60. The van der Waals surface area contributed by atoms with Crippen molar-refractivity contribution < 1.29 is 9.84 Å². The van der Waals surface area contributed by atoms with Crippen molar-refractivity contribution in [3.63, 3.8) is 0 Å². The number of hydrogen-bond donors (Lipinski definition) is 1. The van der Waals surface area contributed by atoms with Crippen LogP contribution in [0.25, 0.3) is 0 Å². The molecule has 0 saturated carbocycles. The van der Waals surface area contributed by atoms with Crippen molar-refractivity contribution in [3.8, 4) is 0 Å². The van der Waals surface area contributed by atoms with E-state index in [0.717, 1.165) is 41.6 Å². The van der Waals surface area contributed by atoms with Gasteiger partial charge in [-0.25, -0.2) is 4.98 Å². The number of thioether (sulfide) groups is 1. The van der Waals surface area contributed by atoms with Crippen molar-refractivity contribution in [1.82, 2.24) is 9.88 Å². The van der Waals surface area contributed by atoms with Gasteiger partial charge in [-0.2, -0.15) is 11.8 Å². The van der Waals surface area contributed by atoms with E-state index in [1.165, 1.54) is 0 Å². The van der Waals surface area contributed by atoms with Gasteiger partial charge in [-0.15, -0.1) is 11.3 Å². The lowest BCUT2D eigenvalue weighted by molar-refractivity contribution is 0.0351. The lowest BCUT2D eigenvalue weighted by Gasteiger charge is -2.43. The van der Waals surface area contributed by atoms with Crippen LogP contribution in [0.3, 0.4) is 0 Å². The van der Waals surface area contributed by atoms with Gasteiger partial charge in [0.2, 0.25) is 0 Å². The van der Waals surface area contributed by atoms with Gasteiger partial charge in [-0.05, 0) is 45.2 Å². The van der Waals surface area contributed by atoms with Crippen LogP contribution in [0.2, 0.25) is 0 Å². The van der Waals surface area contributed by atoms with Gasteiger partial charge in [0.15, 0.2) is 0 Å². The van der Waals surface area contributed by atoms with Gasteiger partial charge in [0.25, 0.3) is 0 Å². The monoisotopic (exact) mass is 330 g/mol. The van der Waals surface area contributed by atoms with E-state index >= 15 is 0 Å². The summed E-state index contributed by atoms with van der Waals surface area (Å²) in [5, 5.41) is 13.0. The third-order valence-electron chi connectivity index (χ3n) is 4.26. The highest BCUT2D eigenvalue weighted by molar-refractivity contribution is 7.99. The Morgan fingerprint density at radius 1 is 1.48 bits per heavy atom. The van der Waals surface area contributed by atoms with Gasteiger partial charge >= 0.3 is 0 Å². The molecule has 4 nitrogen and oxygen atoms in total. The lowest BCUT2D eigenvalue weighted by atomic mass is 9.91. The van der Waals surface area contributed by atoms with Gasteiger partial charge in [0.05, 0.1) is 12.3 Å². The highest BCUT2D eigenvalue weighted by Crippen LogP contribution is 2.32.